The first-order valence-corrected chi connectivity index (χ1v) is 9.21. The van der Waals surface area contributed by atoms with Crippen molar-refractivity contribution >= 4 is 5.91 Å². The molecule has 1 fully saturated rings. The first kappa shape index (κ1) is 16.9. The molecule has 0 aliphatic carbocycles. The van der Waals surface area contributed by atoms with Crippen LogP contribution in [0.25, 0.3) is 0 Å². The Hall–Kier alpha value is -2.53. The number of nitrogens with one attached hydrogen (secondary N) is 1. The van der Waals surface area contributed by atoms with E-state index in [-0.39, 0.29) is 11.9 Å². The van der Waals surface area contributed by atoms with E-state index >= 15 is 0 Å². The average Bonchev–Trinajstić information content (AvgIpc) is 3.16. The topological polar surface area (TPSA) is 50.8 Å². The van der Waals surface area contributed by atoms with Gasteiger partial charge in [0.25, 0.3) is 5.91 Å². The highest BCUT2D eigenvalue weighted by Crippen LogP contribution is 2.33. The van der Waals surface area contributed by atoms with Gasteiger partial charge in [-0.2, -0.15) is 0 Å². The normalized spacial score (nSPS) is 20.6. The Balaban J connectivity index is 1.41. The third-order valence-electron chi connectivity index (χ3n) is 5.20. The molecule has 4 rings (SSSR count). The molecule has 2 unspecified atom stereocenters. The number of carbonyl (C=O) groups excluding carboxylic acids is 1. The van der Waals surface area contributed by atoms with E-state index in [9.17, 15) is 4.79 Å². The van der Waals surface area contributed by atoms with E-state index in [0.717, 1.165) is 19.5 Å². The molecule has 0 aromatic heterocycles. The molecule has 2 aromatic carbocycles. The van der Waals surface area contributed by atoms with Crippen molar-refractivity contribution in [1.82, 2.24) is 10.2 Å². The van der Waals surface area contributed by atoms with Crippen molar-refractivity contribution in [3.63, 3.8) is 0 Å². The van der Waals surface area contributed by atoms with Crippen LogP contribution in [0.15, 0.2) is 48.5 Å². The summed E-state index contributed by atoms with van der Waals surface area (Å²) in [6.07, 6.45) is 0.954. The molecule has 2 aromatic rings. The molecule has 1 N–H and O–H groups in total. The summed E-state index contributed by atoms with van der Waals surface area (Å²) in [5.74, 6) is 1.12. The predicted molar refractivity (Wildman–Crippen MR) is 99.7 cm³/mol. The van der Waals surface area contributed by atoms with E-state index in [1.807, 2.05) is 18.2 Å². The summed E-state index contributed by atoms with van der Waals surface area (Å²) in [6, 6.07) is 16.5. The summed E-state index contributed by atoms with van der Waals surface area (Å²) in [5.41, 5.74) is 1.86. The lowest BCUT2D eigenvalue weighted by molar-refractivity contribution is 0.0925. The largest absolute Gasteiger partial charge is 0.486 e. The second-order valence-electron chi connectivity index (χ2n) is 6.87. The molecule has 26 heavy (non-hydrogen) atoms. The van der Waals surface area contributed by atoms with Crippen LogP contribution in [0.1, 0.15) is 35.3 Å². The Morgan fingerprint density at radius 3 is 2.77 bits per heavy atom. The summed E-state index contributed by atoms with van der Waals surface area (Å²) < 4.78 is 11.2. The van der Waals surface area contributed by atoms with Crippen LogP contribution in [-0.2, 0) is 0 Å². The van der Waals surface area contributed by atoms with Crippen LogP contribution >= 0.6 is 0 Å². The lowest BCUT2D eigenvalue weighted by Crippen LogP contribution is -2.38. The third kappa shape index (κ3) is 3.40. The van der Waals surface area contributed by atoms with Crippen molar-refractivity contribution in [2.75, 3.05) is 26.3 Å². The zero-order valence-corrected chi connectivity index (χ0v) is 15.0. The van der Waals surface area contributed by atoms with E-state index in [1.165, 1.54) is 5.56 Å². The van der Waals surface area contributed by atoms with Crippen molar-refractivity contribution in [3.05, 3.63) is 59.7 Å². The summed E-state index contributed by atoms with van der Waals surface area (Å²) in [5, 5.41) is 3.17. The molecule has 2 heterocycles. The summed E-state index contributed by atoms with van der Waals surface area (Å²) in [7, 11) is 0. The predicted octanol–water partition coefficient (Wildman–Crippen LogP) is 3.02. The van der Waals surface area contributed by atoms with Crippen molar-refractivity contribution in [3.8, 4) is 11.5 Å². The van der Waals surface area contributed by atoms with Gasteiger partial charge in [-0.3, -0.25) is 9.69 Å². The fraction of sp³-hybridized carbons (Fsp3) is 0.381. The Labute approximate surface area is 153 Å². The molecule has 2 atom stereocenters. The smallest absolute Gasteiger partial charge is 0.255 e. The first-order valence-electron chi connectivity index (χ1n) is 9.21. The zero-order chi connectivity index (χ0) is 17.9. The number of ether oxygens (including phenoxy) is 2. The number of hydrogen-bond acceptors (Lipinski definition) is 4. The first-order chi connectivity index (χ1) is 12.7. The van der Waals surface area contributed by atoms with Crippen molar-refractivity contribution in [1.29, 1.82) is 0 Å². The molecule has 1 amide bonds. The number of para-hydroxylation sites is 1. The Morgan fingerprint density at radius 2 is 1.92 bits per heavy atom. The van der Waals surface area contributed by atoms with E-state index < -0.39 is 0 Å². The fourth-order valence-corrected chi connectivity index (χ4v) is 3.71. The van der Waals surface area contributed by atoms with Crippen LogP contribution < -0.4 is 14.8 Å². The summed E-state index contributed by atoms with van der Waals surface area (Å²) >= 11 is 0. The number of amides is 1. The molecule has 1 saturated heterocycles. The van der Waals surface area contributed by atoms with Crippen LogP contribution in [0.4, 0.5) is 0 Å². The van der Waals surface area contributed by atoms with Crippen LogP contribution in [0, 0.1) is 0 Å². The lowest BCUT2D eigenvalue weighted by atomic mass is 10.1. The second-order valence-corrected chi connectivity index (χ2v) is 6.87. The summed E-state index contributed by atoms with van der Waals surface area (Å²) in [6.45, 7) is 5.05. The molecule has 0 radical (unpaired) electrons. The third-order valence-corrected chi connectivity index (χ3v) is 5.20. The van der Waals surface area contributed by atoms with E-state index in [4.69, 9.17) is 9.47 Å². The van der Waals surface area contributed by atoms with Gasteiger partial charge in [-0.05, 0) is 31.0 Å². The fourth-order valence-electron chi connectivity index (χ4n) is 3.71. The summed E-state index contributed by atoms with van der Waals surface area (Å²) in [4.78, 5) is 15.2. The molecular weight excluding hydrogens is 328 g/mol. The number of nitrogens with zero attached hydrogens (tertiary/aromatic N) is 1. The van der Waals surface area contributed by atoms with Crippen LogP contribution in [0.2, 0.25) is 0 Å². The average molecular weight is 352 g/mol. The monoisotopic (exact) mass is 352 g/mol. The minimum absolute atomic E-state index is 0.0911. The van der Waals surface area contributed by atoms with Crippen LogP contribution in [-0.4, -0.2) is 43.2 Å². The molecule has 5 heteroatoms. The van der Waals surface area contributed by atoms with Gasteiger partial charge < -0.3 is 14.8 Å². The number of carbonyl (C=O) groups is 1. The zero-order valence-electron chi connectivity index (χ0n) is 15.0. The van der Waals surface area contributed by atoms with Gasteiger partial charge in [0.15, 0.2) is 11.5 Å². The Morgan fingerprint density at radius 1 is 1.12 bits per heavy atom. The van der Waals surface area contributed by atoms with Crippen LogP contribution in [0.3, 0.4) is 0 Å². The minimum atomic E-state index is -0.0911. The van der Waals surface area contributed by atoms with Gasteiger partial charge in [0, 0.05) is 25.2 Å². The van der Waals surface area contributed by atoms with E-state index in [0.29, 0.717) is 36.3 Å². The maximum atomic E-state index is 12.8. The number of likely N-dealkylation sites (tertiary alicyclic amines) is 1. The molecule has 2 aliphatic heterocycles. The van der Waals surface area contributed by atoms with Crippen molar-refractivity contribution < 1.29 is 14.3 Å². The standard InChI is InChI=1S/C21H24N2O3/c1-15(16-6-3-2-4-7-16)23-11-10-17(14-23)22-21(24)18-8-5-9-19-20(18)26-13-12-25-19/h2-9,15,17H,10-14H2,1H3,(H,22,24). The Bertz CT molecular complexity index is 778. The van der Waals surface area contributed by atoms with E-state index in [2.05, 4.69) is 41.4 Å². The van der Waals surface area contributed by atoms with E-state index in [1.54, 1.807) is 6.07 Å². The second kappa shape index (κ2) is 7.38. The number of benzene rings is 2. The Kier molecular flexibility index (Phi) is 4.80. The van der Waals surface area contributed by atoms with Gasteiger partial charge in [-0.1, -0.05) is 36.4 Å². The lowest BCUT2D eigenvalue weighted by Gasteiger charge is -2.25. The van der Waals surface area contributed by atoms with Gasteiger partial charge in [0.05, 0.1) is 5.56 Å². The highest BCUT2D eigenvalue weighted by molar-refractivity contribution is 5.98. The quantitative estimate of drug-likeness (QED) is 0.919. The van der Waals surface area contributed by atoms with Gasteiger partial charge in [-0.25, -0.2) is 0 Å². The SMILES string of the molecule is CC(c1ccccc1)N1CCC(NC(=O)c2cccc3c2OCCO3)C1. The molecule has 0 saturated carbocycles. The van der Waals surface area contributed by atoms with Crippen molar-refractivity contribution in [2.24, 2.45) is 0 Å². The molecule has 5 nitrogen and oxygen atoms in total. The van der Waals surface area contributed by atoms with Gasteiger partial charge in [0.2, 0.25) is 0 Å². The molecule has 0 spiro atoms. The molecule has 0 bridgehead atoms. The maximum absolute atomic E-state index is 12.8. The van der Waals surface area contributed by atoms with Gasteiger partial charge >= 0.3 is 0 Å². The van der Waals surface area contributed by atoms with Gasteiger partial charge in [-0.15, -0.1) is 0 Å². The highest BCUT2D eigenvalue weighted by Gasteiger charge is 2.29. The highest BCUT2D eigenvalue weighted by atomic mass is 16.6. The number of fused-ring (bicyclic) bond motifs is 1. The van der Waals surface area contributed by atoms with Crippen LogP contribution in [0.5, 0.6) is 11.5 Å². The van der Waals surface area contributed by atoms with Crippen molar-refractivity contribution in [2.45, 2.75) is 25.4 Å². The molecule has 136 valence electrons. The van der Waals surface area contributed by atoms with Gasteiger partial charge in [0.1, 0.15) is 13.2 Å². The molecular formula is C21H24N2O3. The number of rotatable bonds is 4. The maximum Gasteiger partial charge on any atom is 0.255 e. The molecule has 2 aliphatic rings. The number of hydrogen-bond donors (Lipinski definition) is 1. The minimum Gasteiger partial charge on any atom is -0.486 e.